The molecule has 2 aromatic heterocycles. The van der Waals surface area contributed by atoms with Crippen LogP contribution in [0.1, 0.15) is 28.7 Å². The van der Waals surface area contributed by atoms with Crippen LogP contribution in [0, 0.1) is 27.7 Å². The van der Waals surface area contributed by atoms with Crippen molar-refractivity contribution in [2.45, 2.75) is 46.9 Å². The minimum absolute atomic E-state index is 0.133. The predicted octanol–water partition coefficient (Wildman–Crippen LogP) is 1.40. The minimum Gasteiger partial charge on any atom is -0.374 e. The second-order valence-electron chi connectivity index (χ2n) is 5.92. The van der Waals surface area contributed by atoms with Crippen molar-refractivity contribution >= 4 is 0 Å². The van der Waals surface area contributed by atoms with Crippen molar-refractivity contribution in [3.8, 4) is 0 Å². The summed E-state index contributed by atoms with van der Waals surface area (Å²) in [5.41, 5.74) is 2.16. The molecule has 1 saturated heterocycles. The van der Waals surface area contributed by atoms with Crippen LogP contribution in [0.4, 0.5) is 0 Å². The quantitative estimate of drug-likeness (QED) is 0.850. The van der Waals surface area contributed by atoms with Crippen LogP contribution in [-0.2, 0) is 17.8 Å². The third-order valence-corrected chi connectivity index (χ3v) is 4.12. The third-order valence-electron chi connectivity index (χ3n) is 4.12. The number of aromatic nitrogens is 4. The molecule has 1 aliphatic rings. The van der Waals surface area contributed by atoms with E-state index in [4.69, 9.17) is 9.26 Å². The van der Waals surface area contributed by atoms with E-state index in [1.54, 1.807) is 0 Å². The first-order valence-electron chi connectivity index (χ1n) is 7.66. The maximum atomic E-state index is 5.89. The Labute approximate surface area is 130 Å². The van der Waals surface area contributed by atoms with Gasteiger partial charge in [0.15, 0.2) is 0 Å². The topological polar surface area (TPSA) is 69.2 Å². The monoisotopic (exact) mass is 305 g/mol. The lowest BCUT2D eigenvalue weighted by molar-refractivity contribution is -0.0406. The standard InChI is InChI=1S/C15H23N5O2/c1-10-15(11(2)22-18-10)9-19-5-6-21-14(7-19)8-20-13(4)16-12(3)17-20/h14H,5-9H2,1-4H3/t14-/m0/s1. The van der Waals surface area contributed by atoms with E-state index in [2.05, 4.69) is 20.1 Å². The molecule has 0 amide bonds. The molecule has 0 N–H and O–H groups in total. The highest BCUT2D eigenvalue weighted by molar-refractivity contribution is 5.20. The molecular weight excluding hydrogens is 282 g/mol. The van der Waals surface area contributed by atoms with E-state index in [0.717, 1.165) is 55.9 Å². The fourth-order valence-corrected chi connectivity index (χ4v) is 2.91. The van der Waals surface area contributed by atoms with E-state index in [0.29, 0.717) is 0 Å². The molecule has 0 aliphatic carbocycles. The van der Waals surface area contributed by atoms with Crippen molar-refractivity contribution in [3.63, 3.8) is 0 Å². The van der Waals surface area contributed by atoms with Gasteiger partial charge in [0.2, 0.25) is 0 Å². The van der Waals surface area contributed by atoms with Crippen LogP contribution in [0.15, 0.2) is 4.52 Å². The summed E-state index contributed by atoms with van der Waals surface area (Å²) >= 11 is 0. The predicted molar refractivity (Wildman–Crippen MR) is 80.5 cm³/mol. The van der Waals surface area contributed by atoms with Gasteiger partial charge in [-0.2, -0.15) is 5.10 Å². The Bertz CT molecular complexity index is 629. The number of morpholine rings is 1. The first-order chi connectivity index (χ1) is 10.5. The zero-order valence-electron chi connectivity index (χ0n) is 13.7. The van der Waals surface area contributed by atoms with Gasteiger partial charge in [-0.25, -0.2) is 9.67 Å². The van der Waals surface area contributed by atoms with E-state index in [-0.39, 0.29) is 6.10 Å². The molecular formula is C15H23N5O2. The van der Waals surface area contributed by atoms with E-state index in [1.165, 1.54) is 5.56 Å². The zero-order valence-corrected chi connectivity index (χ0v) is 13.7. The highest BCUT2D eigenvalue weighted by atomic mass is 16.5. The number of hydrogen-bond donors (Lipinski definition) is 0. The fraction of sp³-hybridized carbons (Fsp3) is 0.667. The maximum Gasteiger partial charge on any atom is 0.147 e. The van der Waals surface area contributed by atoms with Gasteiger partial charge in [-0.1, -0.05) is 5.16 Å². The number of ether oxygens (including phenoxy) is 1. The molecule has 0 bridgehead atoms. The Morgan fingerprint density at radius 2 is 2.05 bits per heavy atom. The molecule has 120 valence electrons. The molecule has 7 heteroatoms. The van der Waals surface area contributed by atoms with Gasteiger partial charge in [0.25, 0.3) is 0 Å². The van der Waals surface area contributed by atoms with E-state index in [9.17, 15) is 0 Å². The van der Waals surface area contributed by atoms with Crippen LogP contribution >= 0.6 is 0 Å². The van der Waals surface area contributed by atoms with Gasteiger partial charge in [-0.15, -0.1) is 0 Å². The molecule has 7 nitrogen and oxygen atoms in total. The van der Waals surface area contributed by atoms with Gasteiger partial charge >= 0.3 is 0 Å². The Kier molecular flexibility index (Phi) is 4.26. The molecule has 0 saturated carbocycles. The summed E-state index contributed by atoms with van der Waals surface area (Å²) in [6, 6.07) is 0. The van der Waals surface area contributed by atoms with Gasteiger partial charge in [-0.05, 0) is 27.7 Å². The fourth-order valence-electron chi connectivity index (χ4n) is 2.91. The van der Waals surface area contributed by atoms with E-state index >= 15 is 0 Å². The van der Waals surface area contributed by atoms with Gasteiger partial charge in [0, 0.05) is 25.2 Å². The second kappa shape index (κ2) is 6.18. The molecule has 0 spiro atoms. The second-order valence-corrected chi connectivity index (χ2v) is 5.92. The first-order valence-corrected chi connectivity index (χ1v) is 7.66. The van der Waals surface area contributed by atoms with Gasteiger partial charge in [0.1, 0.15) is 17.4 Å². The first kappa shape index (κ1) is 15.2. The average Bonchev–Trinajstić information content (AvgIpc) is 2.95. The SMILES string of the molecule is Cc1nc(C)n(C[C@@H]2CN(Cc3c(C)noc3C)CCO2)n1. The van der Waals surface area contributed by atoms with E-state index in [1.807, 2.05) is 32.4 Å². The van der Waals surface area contributed by atoms with Gasteiger partial charge < -0.3 is 9.26 Å². The molecule has 0 unspecified atom stereocenters. The van der Waals surface area contributed by atoms with Crippen LogP contribution < -0.4 is 0 Å². The molecule has 1 aliphatic heterocycles. The van der Waals surface area contributed by atoms with Crippen molar-refractivity contribution in [1.82, 2.24) is 24.8 Å². The molecule has 1 fully saturated rings. The van der Waals surface area contributed by atoms with E-state index < -0.39 is 0 Å². The average molecular weight is 305 g/mol. The molecule has 3 rings (SSSR count). The Morgan fingerprint density at radius 1 is 1.23 bits per heavy atom. The summed E-state index contributed by atoms with van der Waals surface area (Å²) in [6.45, 7) is 12.0. The van der Waals surface area contributed by atoms with Crippen molar-refractivity contribution in [1.29, 1.82) is 0 Å². The summed E-state index contributed by atoms with van der Waals surface area (Å²) in [5, 5.41) is 8.44. The number of hydrogen-bond acceptors (Lipinski definition) is 6. The van der Waals surface area contributed by atoms with Crippen molar-refractivity contribution in [2.24, 2.45) is 0 Å². The summed E-state index contributed by atoms with van der Waals surface area (Å²) in [5.74, 6) is 2.65. The van der Waals surface area contributed by atoms with Crippen LogP contribution in [0.5, 0.6) is 0 Å². The van der Waals surface area contributed by atoms with Crippen molar-refractivity contribution in [3.05, 3.63) is 28.7 Å². The zero-order chi connectivity index (χ0) is 15.7. The third kappa shape index (κ3) is 3.20. The minimum atomic E-state index is 0.133. The Hall–Kier alpha value is -1.73. The summed E-state index contributed by atoms with van der Waals surface area (Å²) in [6.07, 6.45) is 0.133. The lowest BCUT2D eigenvalue weighted by Crippen LogP contribution is -2.44. The Balaban J connectivity index is 1.63. The molecule has 1 atom stereocenters. The number of aryl methyl sites for hydroxylation is 4. The number of nitrogens with zero attached hydrogens (tertiary/aromatic N) is 5. The van der Waals surface area contributed by atoms with Gasteiger partial charge in [-0.3, -0.25) is 4.90 Å². The van der Waals surface area contributed by atoms with Crippen LogP contribution in [0.25, 0.3) is 0 Å². The molecule has 2 aromatic rings. The lowest BCUT2D eigenvalue weighted by Gasteiger charge is -2.32. The molecule has 0 aromatic carbocycles. The summed E-state index contributed by atoms with van der Waals surface area (Å²) in [7, 11) is 0. The normalized spacial score (nSPS) is 19.7. The molecule has 0 radical (unpaired) electrons. The van der Waals surface area contributed by atoms with Crippen LogP contribution in [-0.4, -0.2) is 50.6 Å². The molecule has 3 heterocycles. The van der Waals surface area contributed by atoms with Crippen molar-refractivity contribution < 1.29 is 9.26 Å². The Morgan fingerprint density at radius 3 is 2.68 bits per heavy atom. The number of rotatable bonds is 4. The largest absolute Gasteiger partial charge is 0.374 e. The smallest absolute Gasteiger partial charge is 0.147 e. The van der Waals surface area contributed by atoms with Crippen molar-refractivity contribution in [2.75, 3.05) is 19.7 Å². The highest BCUT2D eigenvalue weighted by Gasteiger charge is 2.23. The lowest BCUT2D eigenvalue weighted by atomic mass is 10.1. The maximum absolute atomic E-state index is 5.89. The van der Waals surface area contributed by atoms with Crippen LogP contribution in [0.2, 0.25) is 0 Å². The summed E-state index contributed by atoms with van der Waals surface area (Å²) < 4.78 is 13.1. The summed E-state index contributed by atoms with van der Waals surface area (Å²) in [4.78, 5) is 6.73. The highest BCUT2D eigenvalue weighted by Crippen LogP contribution is 2.17. The molecule has 22 heavy (non-hydrogen) atoms. The van der Waals surface area contributed by atoms with Crippen LogP contribution in [0.3, 0.4) is 0 Å². The van der Waals surface area contributed by atoms with Gasteiger partial charge in [0.05, 0.1) is 24.9 Å².